The van der Waals surface area contributed by atoms with Gasteiger partial charge >= 0.3 is 0 Å². The molecular weight excluding hydrogens is 669 g/mol. The topological polar surface area (TPSA) is 100 Å². The van der Waals surface area contributed by atoms with E-state index in [1.807, 2.05) is 31.2 Å². The molecule has 3 amide bonds. The van der Waals surface area contributed by atoms with Gasteiger partial charge in [0.1, 0.15) is 23.0 Å². The Hall–Kier alpha value is -4.93. The Balaban J connectivity index is 1.28. The second-order valence-electron chi connectivity index (χ2n) is 10.3. The number of hydrogen-bond donors (Lipinski definition) is 3. The van der Waals surface area contributed by atoms with E-state index in [2.05, 4.69) is 31.9 Å². The van der Waals surface area contributed by atoms with Gasteiger partial charge in [-0.3, -0.25) is 14.4 Å². The molecule has 46 heavy (non-hydrogen) atoms. The fourth-order valence-electron chi connectivity index (χ4n) is 4.29. The molecule has 10 heteroatoms. The normalized spacial score (nSPS) is 11.9. The van der Waals surface area contributed by atoms with Gasteiger partial charge in [-0.1, -0.05) is 64.0 Å². The highest BCUT2D eigenvalue weighted by molar-refractivity contribution is 9.10. The summed E-state index contributed by atoms with van der Waals surface area (Å²) >= 11 is 4.49. The fraction of sp³-hybridized carbons (Fsp3) is 0.0833. The molecule has 0 spiro atoms. The zero-order chi connectivity index (χ0) is 32.6. The van der Waals surface area contributed by atoms with E-state index in [1.165, 1.54) is 30.0 Å². The molecule has 3 N–H and O–H groups in total. The monoisotopic (exact) mass is 697 g/mol. The third kappa shape index (κ3) is 8.62. The van der Waals surface area contributed by atoms with Crippen LogP contribution in [0.15, 0.2) is 129 Å². The van der Waals surface area contributed by atoms with Gasteiger partial charge in [0, 0.05) is 32.3 Å². The average molecular weight is 699 g/mol. The first-order chi connectivity index (χ1) is 22.1. The molecule has 1 atom stereocenters. The number of nitrogens with one attached hydrogen (secondary N) is 3. The number of amides is 3. The lowest BCUT2D eigenvalue weighted by Crippen LogP contribution is -2.30. The van der Waals surface area contributed by atoms with Crippen LogP contribution in [0.4, 0.5) is 15.8 Å². The Morgan fingerprint density at radius 2 is 1.59 bits per heavy atom. The number of rotatable bonds is 10. The zero-order valence-corrected chi connectivity index (χ0v) is 27.2. The largest absolute Gasteiger partial charge is 0.457 e. The molecule has 1 aromatic heterocycles. The molecule has 4 aromatic carbocycles. The molecule has 1 heterocycles. The van der Waals surface area contributed by atoms with Gasteiger partial charge in [0.05, 0.1) is 10.9 Å². The van der Waals surface area contributed by atoms with Gasteiger partial charge in [-0.25, -0.2) is 4.39 Å². The molecule has 5 aromatic rings. The Bertz CT molecular complexity index is 1890. The summed E-state index contributed by atoms with van der Waals surface area (Å²) in [4.78, 5) is 39.9. The number of benzene rings is 4. The van der Waals surface area contributed by atoms with Crippen molar-refractivity contribution in [1.82, 2.24) is 5.32 Å². The Morgan fingerprint density at radius 3 is 2.28 bits per heavy atom. The van der Waals surface area contributed by atoms with Crippen LogP contribution in [0.1, 0.15) is 28.6 Å². The van der Waals surface area contributed by atoms with Crippen LogP contribution >= 0.6 is 27.7 Å². The lowest BCUT2D eigenvalue weighted by molar-refractivity contribution is -0.115. The molecule has 0 radical (unpaired) electrons. The number of hydrogen-bond acceptors (Lipinski definition) is 5. The van der Waals surface area contributed by atoms with Crippen LogP contribution in [0.25, 0.3) is 17.4 Å². The second kappa shape index (κ2) is 14.9. The zero-order valence-electron chi connectivity index (χ0n) is 24.8. The molecule has 0 fully saturated rings. The van der Waals surface area contributed by atoms with Gasteiger partial charge in [-0.2, -0.15) is 0 Å². The van der Waals surface area contributed by atoms with Crippen LogP contribution in [0, 0.1) is 12.7 Å². The number of thioether (sulfide) groups is 1. The van der Waals surface area contributed by atoms with Crippen LogP contribution in [-0.2, 0) is 9.59 Å². The average Bonchev–Trinajstić information content (AvgIpc) is 3.52. The van der Waals surface area contributed by atoms with Gasteiger partial charge in [0.15, 0.2) is 0 Å². The molecule has 0 aliphatic heterocycles. The number of aryl methyl sites for hydroxylation is 1. The lowest BCUT2D eigenvalue weighted by Gasteiger charge is -2.14. The minimum Gasteiger partial charge on any atom is -0.457 e. The predicted octanol–water partition coefficient (Wildman–Crippen LogP) is 8.69. The Kier molecular flexibility index (Phi) is 10.5. The molecule has 0 aliphatic rings. The van der Waals surface area contributed by atoms with Gasteiger partial charge < -0.3 is 20.4 Å². The van der Waals surface area contributed by atoms with Crippen molar-refractivity contribution in [3.05, 3.63) is 142 Å². The lowest BCUT2D eigenvalue weighted by atomic mass is 10.1. The summed E-state index contributed by atoms with van der Waals surface area (Å²) in [5.74, 6) is -0.880. The van der Waals surface area contributed by atoms with Gasteiger partial charge in [0.2, 0.25) is 5.91 Å². The molecule has 0 saturated heterocycles. The summed E-state index contributed by atoms with van der Waals surface area (Å²) in [6, 6.07) is 31.3. The molecule has 0 unspecified atom stereocenters. The third-order valence-electron chi connectivity index (χ3n) is 6.76. The van der Waals surface area contributed by atoms with Crippen LogP contribution in [-0.4, -0.2) is 23.0 Å². The van der Waals surface area contributed by atoms with E-state index >= 15 is 0 Å². The van der Waals surface area contributed by atoms with E-state index in [4.69, 9.17) is 4.42 Å². The molecular formula is C36H29BrFN3O4S. The fourth-order valence-corrected chi connectivity index (χ4v) is 5.49. The summed E-state index contributed by atoms with van der Waals surface area (Å²) in [5, 5.41) is 7.60. The Labute approximate surface area is 278 Å². The van der Waals surface area contributed by atoms with Crippen molar-refractivity contribution in [2.75, 3.05) is 10.6 Å². The van der Waals surface area contributed by atoms with Crippen molar-refractivity contribution in [2.24, 2.45) is 0 Å². The smallest absolute Gasteiger partial charge is 0.272 e. The second-order valence-corrected chi connectivity index (χ2v) is 12.6. The van der Waals surface area contributed by atoms with Crippen molar-refractivity contribution in [2.45, 2.75) is 24.0 Å². The summed E-state index contributed by atoms with van der Waals surface area (Å²) in [6.07, 6.45) is 1.48. The molecule has 5 rings (SSSR count). The first-order valence-corrected chi connectivity index (χ1v) is 15.9. The summed E-state index contributed by atoms with van der Waals surface area (Å²) in [6.45, 7) is 3.72. The van der Waals surface area contributed by atoms with Crippen LogP contribution in [0.2, 0.25) is 0 Å². The quantitative estimate of drug-likeness (QED) is 0.100. The van der Waals surface area contributed by atoms with Gasteiger partial charge in [-0.15, -0.1) is 11.8 Å². The van der Waals surface area contributed by atoms with E-state index in [9.17, 15) is 18.8 Å². The summed E-state index contributed by atoms with van der Waals surface area (Å²) < 4.78 is 20.7. The minimum absolute atomic E-state index is 0.0115. The molecule has 0 saturated carbocycles. The highest BCUT2D eigenvalue weighted by Crippen LogP contribution is 2.28. The van der Waals surface area contributed by atoms with E-state index in [-0.39, 0.29) is 17.3 Å². The maximum absolute atomic E-state index is 14.2. The van der Waals surface area contributed by atoms with E-state index in [1.54, 1.807) is 79.7 Å². The first-order valence-electron chi connectivity index (χ1n) is 14.2. The van der Waals surface area contributed by atoms with Crippen molar-refractivity contribution >= 4 is 62.9 Å². The highest BCUT2D eigenvalue weighted by Gasteiger charge is 2.18. The van der Waals surface area contributed by atoms with Crippen LogP contribution in [0.5, 0.6) is 0 Å². The Morgan fingerprint density at radius 1 is 0.870 bits per heavy atom. The number of furan rings is 1. The molecule has 232 valence electrons. The number of anilines is 2. The van der Waals surface area contributed by atoms with E-state index in [0.717, 1.165) is 16.0 Å². The number of halogens is 2. The van der Waals surface area contributed by atoms with Gasteiger partial charge in [0.25, 0.3) is 11.8 Å². The van der Waals surface area contributed by atoms with Crippen LogP contribution in [0.3, 0.4) is 0 Å². The maximum Gasteiger partial charge on any atom is 0.272 e. The van der Waals surface area contributed by atoms with Gasteiger partial charge in [-0.05, 0) is 80.6 Å². The summed E-state index contributed by atoms with van der Waals surface area (Å²) in [5.41, 5.74) is 2.96. The minimum atomic E-state index is -0.553. The van der Waals surface area contributed by atoms with Crippen molar-refractivity contribution in [3.8, 4) is 11.3 Å². The third-order valence-corrected chi connectivity index (χ3v) is 8.37. The standard InChI is InChI=1S/C36H29BrFN3O4S/c1-22-8-10-24(11-9-22)33-19-15-28(45-33)21-32(41-35(43)25-6-4-3-5-7-25)36(44)39-27-13-16-29(17-14-27)46-23(2)34(42)40-31-18-12-26(37)20-30(31)38/h3-21,23H,1-2H3,(H,39,44)(H,40,42)(H,41,43)/b32-21-/t23-/m0/s1. The SMILES string of the molecule is Cc1ccc(-c2ccc(/C=C(\NC(=O)c3ccccc3)C(=O)Nc3ccc(S[C@@H](C)C(=O)Nc4ccc(Br)cc4F)cc3)o2)cc1. The van der Waals surface area contributed by atoms with Crippen LogP contribution < -0.4 is 16.0 Å². The maximum atomic E-state index is 14.2. The van der Waals surface area contributed by atoms with Crippen molar-refractivity contribution in [1.29, 1.82) is 0 Å². The predicted molar refractivity (Wildman–Crippen MR) is 184 cm³/mol. The summed E-state index contributed by atoms with van der Waals surface area (Å²) in [7, 11) is 0. The number of carbonyl (C=O) groups excluding carboxylic acids is 3. The van der Waals surface area contributed by atoms with Crippen molar-refractivity contribution < 1.29 is 23.2 Å². The van der Waals surface area contributed by atoms with E-state index < -0.39 is 22.9 Å². The number of carbonyl (C=O) groups is 3. The molecule has 0 aliphatic carbocycles. The highest BCUT2D eigenvalue weighted by atomic mass is 79.9. The molecule has 0 bridgehead atoms. The molecule has 7 nitrogen and oxygen atoms in total. The first kappa shape index (κ1) is 32.5. The van der Waals surface area contributed by atoms with Crippen molar-refractivity contribution in [3.63, 3.8) is 0 Å². The van der Waals surface area contributed by atoms with E-state index in [0.29, 0.717) is 27.2 Å².